The predicted octanol–water partition coefficient (Wildman–Crippen LogP) is 4.29. The van der Waals surface area contributed by atoms with Gasteiger partial charge < -0.3 is 19.4 Å². The fourth-order valence-electron chi connectivity index (χ4n) is 5.69. The van der Waals surface area contributed by atoms with E-state index in [9.17, 15) is 0 Å². The molecule has 1 saturated heterocycles. The normalized spacial score (nSPS) is 19.7. The van der Waals surface area contributed by atoms with Gasteiger partial charge in [0.1, 0.15) is 5.69 Å². The number of H-pyrrole nitrogens is 2. The molecule has 2 fully saturated rings. The number of imidazole rings is 1. The lowest BCUT2D eigenvalue weighted by Crippen LogP contribution is -2.50. The van der Waals surface area contributed by atoms with Crippen molar-refractivity contribution in [2.24, 2.45) is 0 Å². The third-order valence-electron chi connectivity index (χ3n) is 7.52. The molecule has 8 heteroatoms. The molecule has 0 radical (unpaired) electrons. The molecular weight excluding hydrogens is 416 g/mol. The fraction of sp³-hybridized carbons (Fsp3) is 0.440. The zero-order valence-corrected chi connectivity index (χ0v) is 18.6. The molecular formula is C25H28N6O2. The maximum atomic E-state index is 5.55. The van der Waals surface area contributed by atoms with Crippen LogP contribution in [-0.4, -0.2) is 64.1 Å². The summed E-state index contributed by atoms with van der Waals surface area (Å²) in [7, 11) is 0. The van der Waals surface area contributed by atoms with Crippen molar-refractivity contribution in [1.82, 2.24) is 25.1 Å². The van der Waals surface area contributed by atoms with Crippen LogP contribution in [0.2, 0.25) is 0 Å². The fourth-order valence-corrected chi connectivity index (χ4v) is 5.69. The molecule has 0 atom stereocenters. The summed E-state index contributed by atoms with van der Waals surface area (Å²) in [6.45, 7) is 4.74. The van der Waals surface area contributed by atoms with Gasteiger partial charge in [-0.1, -0.05) is 19.3 Å². The van der Waals surface area contributed by atoms with Crippen LogP contribution in [-0.2, 0) is 0 Å². The Morgan fingerprint density at radius 1 is 0.879 bits per heavy atom. The second kappa shape index (κ2) is 7.66. The van der Waals surface area contributed by atoms with E-state index < -0.39 is 0 Å². The Bertz CT molecular complexity index is 1310. The molecule has 2 N–H and O–H groups in total. The Balaban J connectivity index is 1.14. The van der Waals surface area contributed by atoms with Crippen LogP contribution in [0.5, 0.6) is 11.5 Å². The van der Waals surface area contributed by atoms with E-state index >= 15 is 0 Å². The van der Waals surface area contributed by atoms with Gasteiger partial charge in [-0.15, -0.1) is 0 Å². The van der Waals surface area contributed by atoms with Crippen LogP contribution in [0.3, 0.4) is 0 Å². The summed E-state index contributed by atoms with van der Waals surface area (Å²) in [6.07, 6.45) is 6.98. The summed E-state index contributed by atoms with van der Waals surface area (Å²) in [5.41, 5.74) is 4.95. The van der Waals surface area contributed by atoms with Gasteiger partial charge in [-0.25, -0.2) is 4.98 Å². The van der Waals surface area contributed by atoms with E-state index in [2.05, 4.69) is 43.2 Å². The number of piperazine rings is 1. The van der Waals surface area contributed by atoms with Crippen molar-refractivity contribution in [1.29, 1.82) is 0 Å². The Hall–Kier alpha value is -3.26. The van der Waals surface area contributed by atoms with Gasteiger partial charge in [0.25, 0.3) is 0 Å². The molecule has 170 valence electrons. The zero-order valence-electron chi connectivity index (χ0n) is 18.6. The molecule has 4 aromatic rings. The van der Waals surface area contributed by atoms with Crippen molar-refractivity contribution in [3.05, 3.63) is 30.3 Å². The third-order valence-corrected chi connectivity index (χ3v) is 7.52. The molecule has 7 rings (SSSR count). The molecule has 0 bridgehead atoms. The molecule has 33 heavy (non-hydrogen) atoms. The smallest absolute Gasteiger partial charge is 0.231 e. The van der Waals surface area contributed by atoms with Crippen LogP contribution in [0, 0.1) is 0 Å². The first-order chi connectivity index (χ1) is 16.3. The van der Waals surface area contributed by atoms with Gasteiger partial charge in [0, 0.05) is 49.4 Å². The summed E-state index contributed by atoms with van der Waals surface area (Å²) in [6, 6.07) is 11.3. The van der Waals surface area contributed by atoms with Crippen molar-refractivity contribution < 1.29 is 9.47 Å². The number of nitrogens with zero attached hydrogens (tertiary/aromatic N) is 4. The average Bonchev–Trinajstić information content (AvgIpc) is 3.60. The van der Waals surface area contributed by atoms with E-state index in [1.165, 1.54) is 37.8 Å². The number of nitrogens with one attached hydrogen (secondary N) is 2. The minimum absolute atomic E-state index is 0.257. The Labute approximate surface area is 191 Å². The summed E-state index contributed by atoms with van der Waals surface area (Å²) in [4.78, 5) is 13.5. The number of aromatic nitrogens is 4. The summed E-state index contributed by atoms with van der Waals surface area (Å²) in [5, 5.41) is 8.59. The van der Waals surface area contributed by atoms with Crippen LogP contribution in [0.15, 0.2) is 30.3 Å². The highest BCUT2D eigenvalue weighted by Gasteiger charge is 2.25. The van der Waals surface area contributed by atoms with Gasteiger partial charge >= 0.3 is 0 Å². The van der Waals surface area contributed by atoms with Gasteiger partial charge in [-0.3, -0.25) is 10.00 Å². The van der Waals surface area contributed by atoms with Crippen molar-refractivity contribution >= 4 is 27.6 Å². The molecule has 4 heterocycles. The molecule has 3 aliphatic rings. The van der Waals surface area contributed by atoms with E-state index in [1.807, 2.05) is 12.1 Å². The maximum Gasteiger partial charge on any atom is 0.231 e. The quantitative estimate of drug-likeness (QED) is 0.491. The molecule has 2 aromatic heterocycles. The lowest BCUT2D eigenvalue weighted by Gasteiger charge is -2.41. The number of rotatable bonds is 3. The molecule has 0 unspecified atom stereocenters. The van der Waals surface area contributed by atoms with E-state index in [-0.39, 0.29) is 6.79 Å². The van der Waals surface area contributed by atoms with Crippen LogP contribution in [0.4, 0.5) is 5.69 Å². The van der Waals surface area contributed by atoms with Crippen LogP contribution in [0.25, 0.3) is 33.5 Å². The van der Waals surface area contributed by atoms with Crippen molar-refractivity contribution in [3.8, 4) is 23.0 Å². The van der Waals surface area contributed by atoms with Gasteiger partial charge in [-0.05, 0) is 37.1 Å². The topological polar surface area (TPSA) is 82.3 Å². The third kappa shape index (κ3) is 3.31. The maximum absolute atomic E-state index is 5.55. The highest BCUT2D eigenvalue weighted by Crippen LogP contribution is 2.38. The summed E-state index contributed by atoms with van der Waals surface area (Å²) >= 11 is 0. The second-order valence-electron chi connectivity index (χ2n) is 9.42. The molecule has 1 saturated carbocycles. The van der Waals surface area contributed by atoms with Gasteiger partial charge in [0.2, 0.25) is 6.79 Å². The number of aromatic amines is 2. The van der Waals surface area contributed by atoms with E-state index in [1.54, 1.807) is 0 Å². The highest BCUT2D eigenvalue weighted by atomic mass is 16.7. The Morgan fingerprint density at radius 3 is 2.55 bits per heavy atom. The van der Waals surface area contributed by atoms with Crippen molar-refractivity contribution in [3.63, 3.8) is 0 Å². The predicted molar refractivity (Wildman–Crippen MR) is 128 cm³/mol. The average molecular weight is 445 g/mol. The zero-order chi connectivity index (χ0) is 21.8. The number of anilines is 1. The first kappa shape index (κ1) is 19.2. The second-order valence-corrected chi connectivity index (χ2v) is 9.42. The molecule has 0 amide bonds. The Morgan fingerprint density at radius 2 is 1.70 bits per heavy atom. The first-order valence-electron chi connectivity index (χ1n) is 12.1. The highest BCUT2D eigenvalue weighted by molar-refractivity contribution is 5.95. The minimum Gasteiger partial charge on any atom is -0.454 e. The summed E-state index contributed by atoms with van der Waals surface area (Å²) < 4.78 is 11.0. The Kier molecular flexibility index (Phi) is 4.46. The first-order valence-corrected chi connectivity index (χ1v) is 12.1. The number of hydrogen-bond donors (Lipinski definition) is 2. The largest absolute Gasteiger partial charge is 0.454 e. The number of ether oxygens (including phenoxy) is 2. The molecule has 2 aromatic carbocycles. The minimum atomic E-state index is 0.257. The van der Waals surface area contributed by atoms with Crippen LogP contribution in [0.1, 0.15) is 32.1 Å². The van der Waals surface area contributed by atoms with E-state index in [0.29, 0.717) is 0 Å². The molecule has 8 nitrogen and oxygen atoms in total. The number of benzene rings is 2. The number of hydrogen-bond acceptors (Lipinski definition) is 6. The SMILES string of the molecule is c1cc2nc(-c3n[nH]c4cc5c(cc34)OCO5)[nH]c2cc1N1CCN(C2CCCCC2)CC1. The standard InChI is InChI=1S/C25H28N6O2/c1-2-4-16(5-3-1)30-8-10-31(11-9-30)17-6-7-19-21(12-17)27-25(26-19)24-18-13-22-23(33-15-32-22)14-20(18)28-29-24/h6-7,12-14,16H,1-5,8-11,15H2,(H,26,27)(H,28,29). The van der Waals surface area contributed by atoms with E-state index in [4.69, 9.17) is 14.5 Å². The van der Waals surface area contributed by atoms with Crippen LogP contribution >= 0.6 is 0 Å². The molecule has 0 spiro atoms. The monoisotopic (exact) mass is 444 g/mol. The van der Waals surface area contributed by atoms with Gasteiger partial charge in [0.05, 0.1) is 16.6 Å². The van der Waals surface area contributed by atoms with Crippen molar-refractivity contribution in [2.75, 3.05) is 37.9 Å². The van der Waals surface area contributed by atoms with Crippen LogP contribution < -0.4 is 14.4 Å². The van der Waals surface area contributed by atoms with E-state index in [0.717, 1.165) is 77.2 Å². The van der Waals surface area contributed by atoms with Gasteiger partial charge in [0.15, 0.2) is 17.3 Å². The molecule has 2 aliphatic heterocycles. The number of fused-ring (bicyclic) bond motifs is 3. The van der Waals surface area contributed by atoms with Gasteiger partial charge in [-0.2, -0.15) is 5.10 Å². The van der Waals surface area contributed by atoms with Crippen molar-refractivity contribution in [2.45, 2.75) is 38.1 Å². The summed E-state index contributed by atoms with van der Waals surface area (Å²) in [5.74, 6) is 2.25. The molecule has 1 aliphatic carbocycles. The lowest BCUT2D eigenvalue weighted by atomic mass is 9.94. The lowest BCUT2D eigenvalue weighted by molar-refractivity contribution is 0.148.